The van der Waals surface area contributed by atoms with Gasteiger partial charge in [0, 0.05) is 26.2 Å². The molecule has 2 heterocycles. The van der Waals surface area contributed by atoms with Gasteiger partial charge in [0.15, 0.2) is 0 Å². The standard InChI is InChI=1S/C16H19N5O2/c1-17-14-10-15(19-11-18-14)20-13-5-3-2-4-12(13)16(22)21-6-8-23-9-7-21/h2-5,10-11H,6-9H2,1H3,(H2,17,18,19,20). The number of hydrogen-bond donors (Lipinski definition) is 2. The molecule has 1 aromatic heterocycles. The summed E-state index contributed by atoms with van der Waals surface area (Å²) in [5.74, 6) is 1.34. The van der Waals surface area contributed by atoms with Gasteiger partial charge in [0.25, 0.3) is 5.91 Å². The van der Waals surface area contributed by atoms with Gasteiger partial charge in [-0.25, -0.2) is 9.97 Å². The quantitative estimate of drug-likeness (QED) is 0.895. The predicted octanol–water partition coefficient (Wildman–Crippen LogP) is 1.73. The van der Waals surface area contributed by atoms with E-state index >= 15 is 0 Å². The van der Waals surface area contributed by atoms with E-state index in [0.29, 0.717) is 43.5 Å². The van der Waals surface area contributed by atoms with Crippen LogP contribution in [0.3, 0.4) is 0 Å². The van der Waals surface area contributed by atoms with Crippen LogP contribution in [0.25, 0.3) is 0 Å². The van der Waals surface area contributed by atoms with Gasteiger partial charge >= 0.3 is 0 Å². The molecule has 0 atom stereocenters. The minimum absolute atomic E-state index is 0.000652. The molecule has 120 valence electrons. The van der Waals surface area contributed by atoms with Crippen molar-refractivity contribution in [3.8, 4) is 0 Å². The number of ether oxygens (including phenoxy) is 1. The van der Waals surface area contributed by atoms with Crippen molar-refractivity contribution in [2.45, 2.75) is 0 Å². The molecule has 0 unspecified atom stereocenters. The van der Waals surface area contributed by atoms with Crippen LogP contribution < -0.4 is 10.6 Å². The molecule has 0 saturated carbocycles. The van der Waals surface area contributed by atoms with E-state index < -0.39 is 0 Å². The molecule has 7 heteroatoms. The molecule has 0 bridgehead atoms. The Morgan fingerprint density at radius 3 is 2.70 bits per heavy atom. The highest BCUT2D eigenvalue weighted by Crippen LogP contribution is 2.22. The summed E-state index contributed by atoms with van der Waals surface area (Å²) in [6.45, 7) is 2.40. The van der Waals surface area contributed by atoms with Crippen LogP contribution in [-0.2, 0) is 4.74 Å². The zero-order valence-electron chi connectivity index (χ0n) is 13.0. The first-order valence-corrected chi connectivity index (χ1v) is 7.51. The Morgan fingerprint density at radius 1 is 1.17 bits per heavy atom. The fraction of sp³-hybridized carbons (Fsp3) is 0.312. The van der Waals surface area contributed by atoms with E-state index in [1.165, 1.54) is 6.33 Å². The lowest BCUT2D eigenvalue weighted by Gasteiger charge is -2.27. The molecule has 1 saturated heterocycles. The van der Waals surface area contributed by atoms with E-state index in [9.17, 15) is 4.79 Å². The average molecular weight is 313 g/mol. The van der Waals surface area contributed by atoms with Gasteiger partial charge in [-0.3, -0.25) is 4.79 Å². The van der Waals surface area contributed by atoms with Gasteiger partial charge < -0.3 is 20.3 Å². The van der Waals surface area contributed by atoms with Crippen LogP contribution in [0.5, 0.6) is 0 Å². The summed E-state index contributed by atoms with van der Waals surface area (Å²) < 4.78 is 5.30. The molecule has 0 spiro atoms. The SMILES string of the molecule is CNc1cc(Nc2ccccc2C(=O)N2CCOCC2)ncn1. The van der Waals surface area contributed by atoms with Crippen molar-refractivity contribution >= 4 is 23.2 Å². The number of benzene rings is 1. The Hall–Kier alpha value is -2.67. The van der Waals surface area contributed by atoms with E-state index in [-0.39, 0.29) is 5.91 Å². The molecule has 1 aromatic carbocycles. The molecule has 7 nitrogen and oxygen atoms in total. The smallest absolute Gasteiger partial charge is 0.256 e. The second kappa shape index (κ2) is 7.06. The van der Waals surface area contributed by atoms with Gasteiger partial charge in [0.2, 0.25) is 0 Å². The summed E-state index contributed by atoms with van der Waals surface area (Å²) in [5, 5.41) is 6.16. The number of carbonyl (C=O) groups is 1. The summed E-state index contributed by atoms with van der Waals surface area (Å²) in [6.07, 6.45) is 1.47. The molecule has 3 rings (SSSR count). The number of nitrogens with one attached hydrogen (secondary N) is 2. The molecule has 0 radical (unpaired) electrons. The zero-order chi connectivity index (χ0) is 16.1. The fourth-order valence-electron chi connectivity index (χ4n) is 2.42. The van der Waals surface area contributed by atoms with Crippen LogP contribution in [0.4, 0.5) is 17.3 Å². The highest BCUT2D eigenvalue weighted by atomic mass is 16.5. The maximum absolute atomic E-state index is 12.7. The second-order valence-corrected chi connectivity index (χ2v) is 5.11. The molecule has 2 N–H and O–H groups in total. The predicted molar refractivity (Wildman–Crippen MR) is 88.0 cm³/mol. The first kappa shape index (κ1) is 15.2. The fourth-order valence-corrected chi connectivity index (χ4v) is 2.42. The van der Waals surface area contributed by atoms with E-state index in [0.717, 1.165) is 5.69 Å². The number of carbonyl (C=O) groups excluding carboxylic acids is 1. The van der Waals surface area contributed by atoms with Gasteiger partial charge in [0.1, 0.15) is 18.0 Å². The molecule has 1 aliphatic rings. The lowest BCUT2D eigenvalue weighted by atomic mass is 10.1. The molecule has 1 aliphatic heterocycles. The lowest BCUT2D eigenvalue weighted by molar-refractivity contribution is 0.0303. The summed E-state index contributed by atoms with van der Waals surface area (Å²) in [7, 11) is 1.79. The molecule has 1 amide bonds. The van der Waals surface area contributed by atoms with Crippen LogP contribution in [0.2, 0.25) is 0 Å². The molecule has 1 fully saturated rings. The number of para-hydroxylation sites is 1. The summed E-state index contributed by atoms with van der Waals surface area (Å²) >= 11 is 0. The third-order valence-corrected chi connectivity index (χ3v) is 3.64. The molecule has 0 aliphatic carbocycles. The topological polar surface area (TPSA) is 79.4 Å². The third kappa shape index (κ3) is 3.57. The van der Waals surface area contributed by atoms with Crippen molar-refractivity contribution in [3.05, 3.63) is 42.2 Å². The first-order valence-electron chi connectivity index (χ1n) is 7.51. The van der Waals surface area contributed by atoms with E-state index in [2.05, 4.69) is 20.6 Å². The van der Waals surface area contributed by atoms with Gasteiger partial charge in [-0.05, 0) is 12.1 Å². The van der Waals surface area contributed by atoms with Gasteiger partial charge in [-0.2, -0.15) is 0 Å². The average Bonchev–Trinajstić information content (AvgIpc) is 2.62. The number of amides is 1. The van der Waals surface area contributed by atoms with Crippen LogP contribution in [0.15, 0.2) is 36.7 Å². The van der Waals surface area contributed by atoms with Gasteiger partial charge in [-0.15, -0.1) is 0 Å². The van der Waals surface area contributed by atoms with Crippen molar-refractivity contribution in [2.24, 2.45) is 0 Å². The van der Waals surface area contributed by atoms with Gasteiger partial charge in [0.05, 0.1) is 24.5 Å². The van der Waals surface area contributed by atoms with Crippen molar-refractivity contribution < 1.29 is 9.53 Å². The van der Waals surface area contributed by atoms with E-state index in [1.54, 1.807) is 13.1 Å². The van der Waals surface area contributed by atoms with Crippen LogP contribution >= 0.6 is 0 Å². The van der Waals surface area contributed by atoms with Crippen LogP contribution in [-0.4, -0.2) is 54.1 Å². The minimum Gasteiger partial charge on any atom is -0.378 e. The third-order valence-electron chi connectivity index (χ3n) is 3.64. The Labute approximate surface area is 134 Å². The van der Waals surface area contributed by atoms with Crippen molar-refractivity contribution in [1.29, 1.82) is 0 Å². The van der Waals surface area contributed by atoms with E-state index in [4.69, 9.17) is 4.74 Å². The summed E-state index contributed by atoms with van der Waals surface area (Å²) in [5.41, 5.74) is 1.35. The lowest BCUT2D eigenvalue weighted by Crippen LogP contribution is -2.40. The Bertz CT molecular complexity index is 686. The maximum Gasteiger partial charge on any atom is 0.256 e. The van der Waals surface area contributed by atoms with Crippen LogP contribution in [0, 0.1) is 0 Å². The normalized spacial score (nSPS) is 14.4. The molecular weight excluding hydrogens is 294 g/mol. The summed E-state index contributed by atoms with van der Waals surface area (Å²) in [6, 6.07) is 9.22. The highest BCUT2D eigenvalue weighted by Gasteiger charge is 2.20. The molecular formula is C16H19N5O2. The number of anilines is 3. The monoisotopic (exact) mass is 313 g/mol. The Balaban J connectivity index is 1.83. The van der Waals surface area contributed by atoms with Gasteiger partial charge in [-0.1, -0.05) is 12.1 Å². The Morgan fingerprint density at radius 2 is 1.91 bits per heavy atom. The van der Waals surface area contributed by atoms with E-state index in [1.807, 2.05) is 29.2 Å². The Kier molecular flexibility index (Phi) is 4.68. The highest BCUT2D eigenvalue weighted by molar-refractivity contribution is 6.00. The number of nitrogens with zero attached hydrogens (tertiary/aromatic N) is 3. The van der Waals surface area contributed by atoms with Crippen LogP contribution in [0.1, 0.15) is 10.4 Å². The van der Waals surface area contributed by atoms with Crippen molar-refractivity contribution in [1.82, 2.24) is 14.9 Å². The number of hydrogen-bond acceptors (Lipinski definition) is 6. The molecule has 23 heavy (non-hydrogen) atoms. The first-order chi connectivity index (χ1) is 11.3. The summed E-state index contributed by atoms with van der Waals surface area (Å²) in [4.78, 5) is 22.8. The number of aromatic nitrogens is 2. The minimum atomic E-state index is -0.000652. The molecule has 2 aromatic rings. The zero-order valence-corrected chi connectivity index (χ0v) is 13.0. The van der Waals surface area contributed by atoms with Crippen molar-refractivity contribution in [3.63, 3.8) is 0 Å². The maximum atomic E-state index is 12.7. The number of morpholine rings is 1. The second-order valence-electron chi connectivity index (χ2n) is 5.11. The largest absolute Gasteiger partial charge is 0.378 e. The van der Waals surface area contributed by atoms with Crippen molar-refractivity contribution in [2.75, 3.05) is 44.0 Å². The number of rotatable bonds is 4.